The second kappa shape index (κ2) is 5.19. The van der Waals surface area contributed by atoms with Gasteiger partial charge in [-0.1, -0.05) is 12.1 Å². The lowest BCUT2D eigenvalue weighted by molar-refractivity contribution is 0.511. The molecule has 2 aromatic rings. The molecule has 0 radical (unpaired) electrons. The zero-order valence-electron chi connectivity index (χ0n) is 9.98. The lowest BCUT2D eigenvalue weighted by Crippen LogP contribution is -2.14. The molecule has 1 N–H and O–H groups in total. The van der Waals surface area contributed by atoms with Crippen LogP contribution in [0.2, 0.25) is 0 Å². The number of aryl methyl sites for hydroxylation is 1. The van der Waals surface area contributed by atoms with Crippen LogP contribution in [-0.2, 0) is 0 Å². The molecule has 0 atom stereocenters. The van der Waals surface area contributed by atoms with Gasteiger partial charge in [0.15, 0.2) is 0 Å². The molecular weight excluding hydrogens is 240 g/mol. The van der Waals surface area contributed by atoms with Crippen LogP contribution in [0.5, 0.6) is 0 Å². The van der Waals surface area contributed by atoms with Crippen molar-refractivity contribution in [2.75, 3.05) is 5.32 Å². The Labute approximate surface area is 105 Å². The summed E-state index contributed by atoms with van der Waals surface area (Å²) in [6.07, 6.45) is 0. The van der Waals surface area contributed by atoms with E-state index in [1.54, 1.807) is 0 Å². The summed E-state index contributed by atoms with van der Waals surface area (Å²) >= 11 is 0. The molecule has 0 unspecified atom stereocenters. The van der Waals surface area contributed by atoms with Gasteiger partial charge in [-0.15, -0.1) is 12.4 Å². The van der Waals surface area contributed by atoms with E-state index in [4.69, 9.17) is 4.42 Å². The summed E-state index contributed by atoms with van der Waals surface area (Å²) in [5, 5.41) is 3.53. The molecule has 0 fully saturated rings. The standard InChI is InChI=1S/C12H14N2O2.ClH/c1-7(2)13-12-14-9-6-4-5-8(3)10(9)11(15)16-12;/h4-7H,1-3H3,(H,13,14);1H. The lowest BCUT2D eigenvalue weighted by atomic mass is 10.1. The zero-order chi connectivity index (χ0) is 11.7. The first-order valence-corrected chi connectivity index (χ1v) is 5.25. The van der Waals surface area contributed by atoms with Crippen molar-refractivity contribution in [2.45, 2.75) is 26.8 Å². The number of hydrogen-bond donors (Lipinski definition) is 1. The lowest BCUT2D eigenvalue weighted by Gasteiger charge is -2.07. The van der Waals surface area contributed by atoms with Crippen molar-refractivity contribution in [3.63, 3.8) is 0 Å². The smallest absolute Gasteiger partial charge is 0.348 e. The van der Waals surface area contributed by atoms with Gasteiger partial charge in [0.05, 0.1) is 10.9 Å². The Morgan fingerprint density at radius 1 is 1.35 bits per heavy atom. The third kappa shape index (κ3) is 2.77. The van der Waals surface area contributed by atoms with Crippen LogP contribution in [0.1, 0.15) is 19.4 Å². The fourth-order valence-electron chi connectivity index (χ4n) is 1.59. The first-order chi connectivity index (χ1) is 7.58. The summed E-state index contributed by atoms with van der Waals surface area (Å²) < 4.78 is 5.10. The number of fused-ring (bicyclic) bond motifs is 1. The molecule has 0 aliphatic carbocycles. The van der Waals surface area contributed by atoms with E-state index in [-0.39, 0.29) is 30.1 Å². The van der Waals surface area contributed by atoms with Crippen molar-refractivity contribution in [1.29, 1.82) is 0 Å². The average molecular weight is 255 g/mol. The van der Waals surface area contributed by atoms with Gasteiger partial charge in [0.25, 0.3) is 6.01 Å². The topological polar surface area (TPSA) is 55.1 Å². The number of nitrogens with one attached hydrogen (secondary N) is 1. The maximum atomic E-state index is 11.8. The first kappa shape index (κ1) is 13.5. The van der Waals surface area contributed by atoms with Gasteiger partial charge >= 0.3 is 5.63 Å². The largest absolute Gasteiger partial charge is 0.389 e. The summed E-state index contributed by atoms with van der Waals surface area (Å²) in [4.78, 5) is 16.0. The third-order valence-electron chi connectivity index (χ3n) is 2.28. The minimum absolute atomic E-state index is 0. The molecule has 0 saturated heterocycles. The van der Waals surface area contributed by atoms with Crippen molar-refractivity contribution in [1.82, 2.24) is 4.98 Å². The van der Waals surface area contributed by atoms with E-state index < -0.39 is 0 Å². The number of hydrogen-bond acceptors (Lipinski definition) is 4. The molecule has 2 rings (SSSR count). The van der Waals surface area contributed by atoms with Crippen LogP contribution in [0.4, 0.5) is 6.01 Å². The Kier molecular flexibility index (Phi) is 4.12. The van der Waals surface area contributed by atoms with Crippen molar-refractivity contribution >= 4 is 29.3 Å². The fraction of sp³-hybridized carbons (Fsp3) is 0.333. The van der Waals surface area contributed by atoms with Crippen molar-refractivity contribution in [2.24, 2.45) is 0 Å². The molecule has 0 spiro atoms. The monoisotopic (exact) mass is 254 g/mol. The van der Waals surface area contributed by atoms with Crippen LogP contribution in [0.3, 0.4) is 0 Å². The normalized spacial score (nSPS) is 10.4. The van der Waals surface area contributed by atoms with Crippen LogP contribution < -0.4 is 10.9 Å². The molecule has 17 heavy (non-hydrogen) atoms. The summed E-state index contributed by atoms with van der Waals surface area (Å²) in [6, 6.07) is 6.01. The van der Waals surface area contributed by atoms with Gasteiger partial charge in [-0.2, -0.15) is 4.98 Å². The average Bonchev–Trinajstić information content (AvgIpc) is 2.15. The van der Waals surface area contributed by atoms with Gasteiger partial charge < -0.3 is 9.73 Å². The maximum absolute atomic E-state index is 11.8. The van der Waals surface area contributed by atoms with Crippen molar-refractivity contribution in [3.8, 4) is 0 Å². The molecule has 1 heterocycles. The number of halogens is 1. The van der Waals surface area contributed by atoms with Gasteiger partial charge in [-0.25, -0.2) is 4.79 Å². The van der Waals surface area contributed by atoms with E-state index in [2.05, 4.69) is 10.3 Å². The van der Waals surface area contributed by atoms with E-state index in [1.807, 2.05) is 39.0 Å². The zero-order valence-corrected chi connectivity index (χ0v) is 10.8. The first-order valence-electron chi connectivity index (χ1n) is 5.25. The summed E-state index contributed by atoms with van der Waals surface area (Å²) in [7, 11) is 0. The summed E-state index contributed by atoms with van der Waals surface area (Å²) in [5.74, 6) is 0. The van der Waals surface area contributed by atoms with Gasteiger partial charge in [-0.3, -0.25) is 0 Å². The minimum Gasteiger partial charge on any atom is -0.389 e. The number of nitrogens with zero attached hydrogens (tertiary/aromatic N) is 1. The summed E-state index contributed by atoms with van der Waals surface area (Å²) in [5.41, 5.74) is 1.21. The van der Waals surface area contributed by atoms with Gasteiger partial charge in [0, 0.05) is 6.04 Å². The number of aromatic nitrogens is 1. The highest BCUT2D eigenvalue weighted by Crippen LogP contribution is 2.14. The molecule has 1 aromatic carbocycles. The fourth-order valence-corrected chi connectivity index (χ4v) is 1.59. The molecule has 0 amide bonds. The van der Waals surface area contributed by atoms with Crippen LogP contribution in [0, 0.1) is 6.92 Å². The Morgan fingerprint density at radius 2 is 2.06 bits per heavy atom. The highest BCUT2D eigenvalue weighted by atomic mass is 35.5. The van der Waals surface area contributed by atoms with Crippen LogP contribution in [-0.4, -0.2) is 11.0 Å². The second-order valence-electron chi connectivity index (χ2n) is 4.07. The van der Waals surface area contributed by atoms with Gasteiger partial charge in [-0.05, 0) is 32.4 Å². The number of rotatable bonds is 2. The van der Waals surface area contributed by atoms with E-state index in [0.717, 1.165) is 5.56 Å². The number of anilines is 1. The molecule has 0 saturated carbocycles. The predicted octanol–water partition coefficient (Wildman–Crippen LogP) is 2.74. The SMILES string of the molecule is Cc1cccc2nc(NC(C)C)oc(=O)c12.Cl. The molecule has 92 valence electrons. The Hall–Kier alpha value is -1.55. The second-order valence-corrected chi connectivity index (χ2v) is 4.07. The molecule has 0 aliphatic heterocycles. The molecule has 1 aromatic heterocycles. The highest BCUT2D eigenvalue weighted by Gasteiger charge is 2.08. The van der Waals surface area contributed by atoms with Crippen molar-refractivity contribution in [3.05, 3.63) is 34.2 Å². The minimum atomic E-state index is -0.341. The molecule has 5 heteroatoms. The third-order valence-corrected chi connectivity index (χ3v) is 2.28. The quantitative estimate of drug-likeness (QED) is 0.895. The van der Waals surface area contributed by atoms with E-state index in [1.165, 1.54) is 0 Å². The van der Waals surface area contributed by atoms with Gasteiger partial charge in [0.1, 0.15) is 0 Å². The number of benzene rings is 1. The van der Waals surface area contributed by atoms with Crippen LogP contribution in [0.25, 0.3) is 10.9 Å². The van der Waals surface area contributed by atoms with Crippen molar-refractivity contribution < 1.29 is 4.42 Å². The summed E-state index contributed by atoms with van der Waals surface area (Å²) in [6.45, 7) is 5.79. The Bertz CT molecular complexity index is 578. The van der Waals surface area contributed by atoms with Crippen LogP contribution >= 0.6 is 12.4 Å². The Balaban J connectivity index is 0.00000144. The molecular formula is C12H15ClN2O2. The molecule has 4 nitrogen and oxygen atoms in total. The van der Waals surface area contributed by atoms with Crippen LogP contribution in [0.15, 0.2) is 27.4 Å². The van der Waals surface area contributed by atoms with Gasteiger partial charge in [0.2, 0.25) is 0 Å². The molecule has 0 aliphatic rings. The van der Waals surface area contributed by atoms with E-state index in [9.17, 15) is 4.79 Å². The molecule has 0 bridgehead atoms. The van der Waals surface area contributed by atoms with E-state index in [0.29, 0.717) is 10.9 Å². The predicted molar refractivity (Wildman–Crippen MR) is 71.0 cm³/mol. The van der Waals surface area contributed by atoms with E-state index >= 15 is 0 Å². The highest BCUT2D eigenvalue weighted by molar-refractivity contribution is 5.85. The Morgan fingerprint density at radius 3 is 2.71 bits per heavy atom. The maximum Gasteiger partial charge on any atom is 0.348 e.